The summed E-state index contributed by atoms with van der Waals surface area (Å²) in [7, 11) is 0. The Balaban J connectivity index is 1.06. The second-order valence-corrected chi connectivity index (χ2v) is 16.0. The molecule has 0 saturated carbocycles. The molecule has 0 fully saturated rings. The number of fused-ring (bicyclic) bond motifs is 3. The predicted octanol–water partition coefficient (Wildman–Crippen LogP) is 14.9. The average Bonchev–Trinajstić information content (AvgIpc) is 3.38. The van der Waals surface area contributed by atoms with E-state index in [4.69, 9.17) is 26.3 Å². The van der Waals surface area contributed by atoms with Crippen LogP contribution >= 0.6 is 0 Å². The van der Waals surface area contributed by atoms with E-state index in [1.807, 2.05) is 133 Å². The first kappa shape index (κ1) is 39.1. The first-order chi connectivity index (χ1) is 32.0. The topological polar surface area (TPSA) is 52.3 Å². The van der Waals surface area contributed by atoms with Crippen LogP contribution < -0.4 is 4.74 Å². The molecule has 1 aliphatic rings. The van der Waals surface area contributed by atoms with Gasteiger partial charge in [0.25, 0.3) is 0 Å². The van der Waals surface area contributed by atoms with Gasteiger partial charge >= 0.3 is 0 Å². The third-order valence-corrected chi connectivity index (χ3v) is 12.0. The highest BCUT2D eigenvalue weighted by Crippen LogP contribution is 2.52. The first-order valence-corrected chi connectivity index (χ1v) is 21.4. The summed E-state index contributed by atoms with van der Waals surface area (Å²) in [5.41, 5.74) is 11.9. The van der Waals surface area contributed by atoms with Gasteiger partial charge in [-0.3, -0.25) is 0 Å². The number of ether oxygens (including phenoxy) is 1. The van der Waals surface area contributed by atoms with Gasteiger partial charge in [0.05, 0.1) is 6.57 Å². The standard InChI is InChI=1S/C59H37FN4O/c1-61-49-26-16-20-41(37-49)40-19-15-21-43(33-40)56-62-57(64-58(63-56)53-29-12-11-27-50(53)39-17-5-2-6-18-39)45-34-44(35-48(60)36-45)42-31-32-52-51-28-13-14-30-54(51)59(65-55(52)38-42,46-22-7-3-8-23-46)47-24-9-4-10-25-47/h2-38H. The smallest absolute Gasteiger partial charge is 0.187 e. The summed E-state index contributed by atoms with van der Waals surface area (Å²) in [6.45, 7) is 7.57. The molecule has 1 aromatic heterocycles. The maximum atomic E-state index is 16.2. The minimum Gasteiger partial charge on any atom is -0.472 e. The fraction of sp³-hybridized carbons (Fsp3) is 0.0169. The molecule has 0 unspecified atom stereocenters. The minimum atomic E-state index is -0.942. The van der Waals surface area contributed by atoms with Gasteiger partial charge in [-0.05, 0) is 75.3 Å². The van der Waals surface area contributed by atoms with Gasteiger partial charge in [-0.25, -0.2) is 24.2 Å². The molecule has 11 rings (SSSR count). The maximum absolute atomic E-state index is 16.2. The van der Waals surface area contributed by atoms with Crippen molar-refractivity contribution >= 4 is 5.69 Å². The highest BCUT2D eigenvalue weighted by molar-refractivity contribution is 5.85. The molecule has 0 N–H and O–H groups in total. The Morgan fingerprint density at radius 3 is 1.63 bits per heavy atom. The molecule has 1 aliphatic heterocycles. The Morgan fingerprint density at radius 2 is 0.908 bits per heavy atom. The van der Waals surface area contributed by atoms with Crippen molar-refractivity contribution in [2.24, 2.45) is 0 Å². The molecule has 0 bridgehead atoms. The van der Waals surface area contributed by atoms with E-state index in [0.29, 0.717) is 40.0 Å². The van der Waals surface area contributed by atoms with E-state index in [-0.39, 0.29) is 0 Å². The number of aromatic nitrogens is 3. The van der Waals surface area contributed by atoms with Crippen molar-refractivity contribution in [3.8, 4) is 84.4 Å². The second kappa shape index (κ2) is 16.5. The van der Waals surface area contributed by atoms with Crippen molar-refractivity contribution in [1.82, 2.24) is 15.0 Å². The third kappa shape index (κ3) is 7.21. The van der Waals surface area contributed by atoms with E-state index >= 15 is 4.39 Å². The van der Waals surface area contributed by atoms with Crippen molar-refractivity contribution in [3.63, 3.8) is 0 Å². The van der Waals surface area contributed by atoms with Gasteiger partial charge in [0.15, 0.2) is 28.8 Å². The highest BCUT2D eigenvalue weighted by Gasteiger charge is 2.44. The number of hydrogen-bond acceptors (Lipinski definition) is 4. The van der Waals surface area contributed by atoms with Crippen molar-refractivity contribution in [3.05, 3.63) is 258 Å². The number of benzene rings is 9. The van der Waals surface area contributed by atoms with Crippen LogP contribution in [-0.2, 0) is 5.60 Å². The monoisotopic (exact) mass is 836 g/mol. The number of hydrogen-bond donors (Lipinski definition) is 0. The zero-order valence-electron chi connectivity index (χ0n) is 34.9. The molecule has 6 heteroatoms. The van der Waals surface area contributed by atoms with Crippen LogP contribution in [0.3, 0.4) is 0 Å². The van der Waals surface area contributed by atoms with Gasteiger partial charge in [-0.1, -0.05) is 188 Å². The summed E-state index contributed by atoms with van der Waals surface area (Å²) in [4.78, 5) is 18.9. The fourth-order valence-corrected chi connectivity index (χ4v) is 8.98. The fourth-order valence-electron chi connectivity index (χ4n) is 8.98. The van der Waals surface area contributed by atoms with Crippen LogP contribution in [0.5, 0.6) is 5.75 Å². The van der Waals surface area contributed by atoms with Crippen molar-refractivity contribution < 1.29 is 9.13 Å². The normalized spacial score (nSPS) is 12.3. The molecule has 5 nitrogen and oxygen atoms in total. The lowest BCUT2D eigenvalue weighted by molar-refractivity contribution is 0.152. The molecule has 65 heavy (non-hydrogen) atoms. The lowest BCUT2D eigenvalue weighted by Crippen LogP contribution is -2.38. The summed E-state index contributed by atoms with van der Waals surface area (Å²) in [6, 6.07) is 73.7. The van der Waals surface area contributed by atoms with Gasteiger partial charge in [-0.15, -0.1) is 0 Å². The molecule has 9 aromatic carbocycles. The van der Waals surface area contributed by atoms with Gasteiger partial charge in [0.1, 0.15) is 11.6 Å². The molecular weight excluding hydrogens is 800 g/mol. The average molecular weight is 837 g/mol. The van der Waals surface area contributed by atoms with Crippen molar-refractivity contribution in [2.45, 2.75) is 5.60 Å². The summed E-state index contributed by atoms with van der Waals surface area (Å²) < 4.78 is 23.5. The lowest BCUT2D eigenvalue weighted by Gasteiger charge is -2.41. The molecule has 0 atom stereocenters. The van der Waals surface area contributed by atoms with Crippen LogP contribution in [0.15, 0.2) is 224 Å². The van der Waals surface area contributed by atoms with Gasteiger partial charge in [-0.2, -0.15) is 0 Å². The van der Waals surface area contributed by atoms with Crippen LogP contribution in [-0.4, -0.2) is 15.0 Å². The number of nitrogens with zero attached hydrogens (tertiary/aromatic N) is 4. The largest absolute Gasteiger partial charge is 0.472 e. The molecular formula is C59H37FN4O. The number of halogens is 1. The lowest BCUT2D eigenvalue weighted by atomic mass is 9.75. The SMILES string of the molecule is [C-]#[N+]c1cccc(-c2cccc(-c3nc(-c4cc(F)cc(-c5ccc6c(c5)OC(c5ccccc5)(c5ccccc5)c5ccccc5-6)c4)nc(-c4ccccc4-c4ccccc4)n3)c2)c1. The zero-order chi connectivity index (χ0) is 43.7. The van der Waals surface area contributed by atoms with Crippen molar-refractivity contribution in [2.75, 3.05) is 0 Å². The van der Waals surface area contributed by atoms with E-state index in [9.17, 15) is 0 Å². The molecule has 10 aromatic rings. The Kier molecular flexibility index (Phi) is 9.91. The Bertz CT molecular complexity index is 3400. The zero-order valence-corrected chi connectivity index (χ0v) is 34.9. The van der Waals surface area contributed by atoms with Gasteiger partial charge < -0.3 is 4.74 Å². The van der Waals surface area contributed by atoms with Crippen LogP contribution in [0.4, 0.5) is 10.1 Å². The second-order valence-electron chi connectivity index (χ2n) is 16.0. The summed E-state index contributed by atoms with van der Waals surface area (Å²) in [5.74, 6) is 1.46. The summed E-state index contributed by atoms with van der Waals surface area (Å²) in [5, 5.41) is 0. The van der Waals surface area contributed by atoms with Crippen LogP contribution in [0, 0.1) is 12.4 Å². The van der Waals surface area contributed by atoms with E-state index in [2.05, 4.69) is 77.6 Å². The molecule has 0 radical (unpaired) electrons. The minimum absolute atomic E-state index is 0.323. The maximum Gasteiger partial charge on any atom is 0.187 e. The number of rotatable bonds is 8. The molecule has 0 spiro atoms. The van der Waals surface area contributed by atoms with Gasteiger partial charge in [0, 0.05) is 38.9 Å². The molecule has 0 saturated heterocycles. The molecule has 306 valence electrons. The summed E-state index contributed by atoms with van der Waals surface area (Å²) in [6.07, 6.45) is 0. The summed E-state index contributed by atoms with van der Waals surface area (Å²) >= 11 is 0. The predicted molar refractivity (Wildman–Crippen MR) is 257 cm³/mol. The van der Waals surface area contributed by atoms with E-state index in [1.165, 1.54) is 12.1 Å². The van der Waals surface area contributed by atoms with Crippen LogP contribution in [0.1, 0.15) is 16.7 Å². The van der Waals surface area contributed by atoms with Gasteiger partial charge in [0.2, 0.25) is 0 Å². The van der Waals surface area contributed by atoms with Crippen LogP contribution in [0.25, 0.3) is 83.5 Å². The van der Waals surface area contributed by atoms with E-state index in [1.54, 1.807) is 6.07 Å². The highest BCUT2D eigenvalue weighted by atomic mass is 19.1. The molecule has 0 amide bonds. The third-order valence-electron chi connectivity index (χ3n) is 12.0. The van der Waals surface area contributed by atoms with E-state index < -0.39 is 11.4 Å². The molecule has 2 heterocycles. The van der Waals surface area contributed by atoms with Crippen LogP contribution in [0.2, 0.25) is 0 Å². The van der Waals surface area contributed by atoms with E-state index in [0.717, 1.165) is 66.8 Å². The Labute approximate surface area is 376 Å². The Hall–Kier alpha value is -8.79. The van der Waals surface area contributed by atoms with Crippen molar-refractivity contribution in [1.29, 1.82) is 0 Å². The first-order valence-electron chi connectivity index (χ1n) is 21.4. The Morgan fingerprint density at radius 1 is 0.385 bits per heavy atom. The molecule has 0 aliphatic carbocycles. The quantitative estimate of drug-likeness (QED) is 0.143.